The maximum atomic E-state index is 11.7. The minimum absolute atomic E-state index is 0.0562. The lowest BCUT2D eigenvalue weighted by atomic mass is 10.1. The summed E-state index contributed by atoms with van der Waals surface area (Å²) >= 11 is 0. The van der Waals surface area contributed by atoms with Crippen LogP contribution in [0.2, 0.25) is 0 Å². The molecule has 2 N–H and O–H groups in total. The molecule has 1 heterocycles. The summed E-state index contributed by atoms with van der Waals surface area (Å²) in [7, 11) is 0. The number of benzene rings is 1. The average Bonchev–Trinajstić information content (AvgIpc) is 2.91. The average molecular weight is 260 g/mol. The van der Waals surface area contributed by atoms with Crippen LogP contribution in [0.15, 0.2) is 41.1 Å². The number of aromatic nitrogens is 1. The van der Waals surface area contributed by atoms with Crippen molar-refractivity contribution in [1.82, 2.24) is 5.16 Å². The summed E-state index contributed by atoms with van der Waals surface area (Å²) in [5, 5.41) is 14.8. The summed E-state index contributed by atoms with van der Waals surface area (Å²) < 4.78 is 4.59. The van der Waals surface area contributed by atoms with Gasteiger partial charge in [0.2, 0.25) is 0 Å². The molecule has 0 radical (unpaired) electrons. The largest absolute Gasteiger partial charge is 0.481 e. The van der Waals surface area contributed by atoms with Crippen LogP contribution in [0, 0.1) is 0 Å². The lowest BCUT2D eigenvalue weighted by molar-refractivity contribution is -0.136. The number of carboxylic acid groups (broad SMARTS) is 1. The SMILES string of the molecule is O=C(O)CCc1cccc(NC(=O)c2ccon2)c1. The van der Waals surface area contributed by atoms with Gasteiger partial charge < -0.3 is 14.9 Å². The van der Waals surface area contributed by atoms with Gasteiger partial charge in [-0.1, -0.05) is 17.3 Å². The smallest absolute Gasteiger partial charge is 0.303 e. The van der Waals surface area contributed by atoms with Gasteiger partial charge >= 0.3 is 5.97 Å². The zero-order chi connectivity index (χ0) is 13.7. The molecule has 0 saturated heterocycles. The summed E-state index contributed by atoms with van der Waals surface area (Å²) in [6.45, 7) is 0. The minimum Gasteiger partial charge on any atom is -0.481 e. The molecule has 0 fully saturated rings. The van der Waals surface area contributed by atoms with Crippen LogP contribution >= 0.6 is 0 Å². The van der Waals surface area contributed by atoms with E-state index in [4.69, 9.17) is 5.11 Å². The second-order valence-corrected chi connectivity index (χ2v) is 3.93. The molecule has 0 bridgehead atoms. The fraction of sp³-hybridized carbons (Fsp3) is 0.154. The molecule has 2 aromatic rings. The van der Waals surface area contributed by atoms with Crippen molar-refractivity contribution in [1.29, 1.82) is 0 Å². The maximum absolute atomic E-state index is 11.7. The quantitative estimate of drug-likeness (QED) is 0.857. The van der Waals surface area contributed by atoms with Gasteiger partial charge in [-0.25, -0.2) is 0 Å². The van der Waals surface area contributed by atoms with Crippen molar-refractivity contribution in [3.05, 3.63) is 47.9 Å². The van der Waals surface area contributed by atoms with Crippen LogP contribution in [0.25, 0.3) is 0 Å². The van der Waals surface area contributed by atoms with E-state index in [1.807, 2.05) is 6.07 Å². The molecule has 0 atom stereocenters. The van der Waals surface area contributed by atoms with Gasteiger partial charge in [0.25, 0.3) is 5.91 Å². The molecule has 6 nitrogen and oxygen atoms in total. The number of rotatable bonds is 5. The molecule has 0 aliphatic rings. The zero-order valence-electron chi connectivity index (χ0n) is 10.00. The second kappa shape index (κ2) is 5.81. The lowest BCUT2D eigenvalue weighted by Gasteiger charge is -2.05. The van der Waals surface area contributed by atoms with Gasteiger partial charge in [-0.3, -0.25) is 9.59 Å². The second-order valence-electron chi connectivity index (χ2n) is 3.93. The van der Waals surface area contributed by atoms with Crippen LogP contribution < -0.4 is 5.32 Å². The van der Waals surface area contributed by atoms with Crippen LogP contribution in [-0.2, 0) is 11.2 Å². The van der Waals surface area contributed by atoms with Gasteiger partial charge in [0, 0.05) is 18.2 Å². The number of anilines is 1. The Morgan fingerprint density at radius 1 is 1.32 bits per heavy atom. The Morgan fingerprint density at radius 3 is 2.84 bits per heavy atom. The van der Waals surface area contributed by atoms with Crippen molar-refractivity contribution in [2.24, 2.45) is 0 Å². The van der Waals surface area contributed by atoms with Crippen molar-refractivity contribution >= 4 is 17.6 Å². The predicted octanol–water partition coefficient (Wildman–Crippen LogP) is 1.94. The summed E-state index contributed by atoms with van der Waals surface area (Å²) in [5.74, 6) is -1.22. The number of hydrogen-bond acceptors (Lipinski definition) is 4. The van der Waals surface area contributed by atoms with E-state index < -0.39 is 5.97 Å². The van der Waals surface area contributed by atoms with E-state index >= 15 is 0 Å². The fourth-order valence-corrected chi connectivity index (χ4v) is 1.58. The van der Waals surface area contributed by atoms with E-state index in [2.05, 4.69) is 15.0 Å². The van der Waals surface area contributed by atoms with Crippen molar-refractivity contribution < 1.29 is 19.2 Å². The monoisotopic (exact) mass is 260 g/mol. The molecule has 1 aromatic carbocycles. The number of carboxylic acids is 1. The van der Waals surface area contributed by atoms with Crippen LogP contribution in [0.4, 0.5) is 5.69 Å². The zero-order valence-corrected chi connectivity index (χ0v) is 10.00. The third-order valence-corrected chi connectivity index (χ3v) is 2.48. The summed E-state index contributed by atoms with van der Waals surface area (Å²) in [5.41, 5.74) is 1.63. The number of hydrogen-bond donors (Lipinski definition) is 2. The standard InChI is InChI=1S/C13H12N2O4/c16-12(17)5-4-9-2-1-3-10(8-9)14-13(18)11-6-7-19-15-11/h1-3,6-8H,4-5H2,(H,14,18)(H,16,17). The molecule has 1 aromatic heterocycles. The molecule has 2 rings (SSSR count). The van der Waals surface area contributed by atoms with Gasteiger partial charge in [-0.2, -0.15) is 0 Å². The first-order valence-corrected chi connectivity index (χ1v) is 5.67. The van der Waals surface area contributed by atoms with Gasteiger partial charge in [-0.05, 0) is 24.1 Å². The Bertz CT molecular complexity index is 578. The molecule has 0 aliphatic carbocycles. The molecule has 0 aliphatic heterocycles. The number of carbonyl (C=O) groups is 2. The summed E-state index contributed by atoms with van der Waals surface area (Å²) in [6, 6.07) is 8.50. The highest BCUT2D eigenvalue weighted by Gasteiger charge is 2.09. The number of aliphatic carboxylic acids is 1. The highest BCUT2D eigenvalue weighted by atomic mass is 16.5. The first kappa shape index (κ1) is 12.8. The van der Waals surface area contributed by atoms with Gasteiger partial charge in [0.05, 0.1) is 0 Å². The van der Waals surface area contributed by atoms with E-state index in [0.717, 1.165) is 5.56 Å². The first-order chi connectivity index (χ1) is 9.15. The number of nitrogens with one attached hydrogen (secondary N) is 1. The summed E-state index contributed by atoms with van der Waals surface area (Å²) in [6.07, 6.45) is 1.79. The Kier molecular flexibility index (Phi) is 3.92. The van der Waals surface area contributed by atoms with Crippen LogP contribution in [0.5, 0.6) is 0 Å². The first-order valence-electron chi connectivity index (χ1n) is 5.67. The lowest BCUT2D eigenvalue weighted by Crippen LogP contribution is -2.12. The third-order valence-electron chi connectivity index (χ3n) is 2.48. The number of nitrogens with zero attached hydrogens (tertiary/aromatic N) is 1. The van der Waals surface area contributed by atoms with Gasteiger partial charge in [0.1, 0.15) is 6.26 Å². The Balaban J connectivity index is 2.02. The Morgan fingerprint density at radius 2 is 2.16 bits per heavy atom. The van der Waals surface area contributed by atoms with Gasteiger partial charge in [-0.15, -0.1) is 0 Å². The minimum atomic E-state index is -0.850. The molecule has 98 valence electrons. The number of amides is 1. The number of aryl methyl sites for hydroxylation is 1. The van der Waals surface area contributed by atoms with Crippen molar-refractivity contribution in [3.8, 4) is 0 Å². The highest BCUT2D eigenvalue weighted by Crippen LogP contribution is 2.13. The molecule has 6 heteroatoms. The summed E-state index contributed by atoms with van der Waals surface area (Å²) in [4.78, 5) is 22.2. The topological polar surface area (TPSA) is 92.4 Å². The van der Waals surface area contributed by atoms with E-state index in [1.165, 1.54) is 12.3 Å². The molecule has 0 unspecified atom stereocenters. The van der Waals surface area contributed by atoms with Crippen LogP contribution in [0.3, 0.4) is 0 Å². The molecular formula is C13H12N2O4. The Hall–Kier alpha value is -2.63. The molecule has 1 amide bonds. The maximum Gasteiger partial charge on any atom is 0.303 e. The number of carbonyl (C=O) groups excluding carboxylic acids is 1. The van der Waals surface area contributed by atoms with Crippen molar-refractivity contribution in [3.63, 3.8) is 0 Å². The van der Waals surface area contributed by atoms with Crippen LogP contribution in [0.1, 0.15) is 22.5 Å². The molecule has 0 saturated carbocycles. The van der Waals surface area contributed by atoms with Gasteiger partial charge in [0.15, 0.2) is 5.69 Å². The third kappa shape index (κ3) is 3.67. The fourth-order valence-electron chi connectivity index (χ4n) is 1.58. The van der Waals surface area contributed by atoms with E-state index in [-0.39, 0.29) is 18.0 Å². The predicted molar refractivity (Wildman–Crippen MR) is 66.9 cm³/mol. The van der Waals surface area contributed by atoms with E-state index in [1.54, 1.807) is 18.2 Å². The van der Waals surface area contributed by atoms with E-state index in [9.17, 15) is 9.59 Å². The van der Waals surface area contributed by atoms with E-state index in [0.29, 0.717) is 12.1 Å². The normalized spacial score (nSPS) is 10.1. The molecule has 0 spiro atoms. The highest BCUT2D eigenvalue weighted by molar-refractivity contribution is 6.02. The van der Waals surface area contributed by atoms with Crippen LogP contribution in [-0.4, -0.2) is 22.1 Å². The molecular weight excluding hydrogens is 248 g/mol. The Labute approximate surface area is 109 Å². The molecule has 19 heavy (non-hydrogen) atoms. The van der Waals surface area contributed by atoms with Crippen molar-refractivity contribution in [2.75, 3.05) is 5.32 Å². The van der Waals surface area contributed by atoms with Crippen molar-refractivity contribution in [2.45, 2.75) is 12.8 Å².